The molecule has 0 amide bonds. The second-order valence-electron chi connectivity index (χ2n) is 6.04. The van der Waals surface area contributed by atoms with Crippen LogP contribution in [0.2, 0.25) is 0 Å². The highest BCUT2D eigenvalue weighted by Crippen LogP contribution is 2.32. The van der Waals surface area contributed by atoms with Gasteiger partial charge in [-0.3, -0.25) is 19.8 Å². The molecule has 3 rings (SSSR count). The van der Waals surface area contributed by atoms with Crippen LogP contribution in [0, 0.1) is 21.7 Å². The van der Waals surface area contributed by atoms with Gasteiger partial charge in [0.2, 0.25) is 0 Å². The summed E-state index contributed by atoms with van der Waals surface area (Å²) in [5.74, 6) is -1.75. The lowest BCUT2D eigenvalue weighted by Gasteiger charge is -2.25. The number of benzene rings is 1. The third kappa shape index (κ3) is 3.74. The van der Waals surface area contributed by atoms with Crippen molar-refractivity contribution in [1.82, 2.24) is 9.47 Å². The van der Waals surface area contributed by atoms with Gasteiger partial charge in [0.25, 0.3) is 11.2 Å². The van der Waals surface area contributed by atoms with E-state index in [2.05, 4.69) is 4.90 Å². The van der Waals surface area contributed by atoms with Crippen LogP contribution in [0.3, 0.4) is 0 Å². The number of rotatable bonds is 5. The van der Waals surface area contributed by atoms with Gasteiger partial charge >= 0.3 is 0 Å². The smallest absolute Gasteiger partial charge is 0.285 e. The normalized spacial score (nSPS) is 17.8. The Morgan fingerprint density at radius 1 is 1.16 bits per heavy atom. The zero-order valence-corrected chi connectivity index (χ0v) is 13.4. The second kappa shape index (κ2) is 7.10. The monoisotopic (exact) mass is 349 g/mol. The number of nitrogens with zero attached hydrogens (tertiary/aromatic N) is 3. The molecule has 132 valence electrons. The molecule has 8 heteroatoms. The van der Waals surface area contributed by atoms with Gasteiger partial charge in [-0.15, -0.1) is 0 Å². The average molecular weight is 349 g/mol. The SMILES string of the molecule is O=c1ccc([N+](=O)[O-])cn1CCN1CCC[C@@H]1c1ccc(F)c(F)c1. The molecule has 1 aliphatic heterocycles. The topological polar surface area (TPSA) is 68.4 Å². The molecule has 1 atom stereocenters. The maximum atomic E-state index is 13.5. The van der Waals surface area contributed by atoms with Crippen molar-refractivity contribution in [3.05, 3.63) is 74.2 Å². The maximum absolute atomic E-state index is 13.5. The predicted molar refractivity (Wildman–Crippen MR) is 87.3 cm³/mol. The van der Waals surface area contributed by atoms with Gasteiger partial charge in [-0.1, -0.05) is 6.07 Å². The fourth-order valence-electron chi connectivity index (χ4n) is 3.23. The molecule has 0 saturated carbocycles. The van der Waals surface area contributed by atoms with E-state index in [9.17, 15) is 23.7 Å². The highest BCUT2D eigenvalue weighted by atomic mass is 19.2. The summed E-state index contributed by atoms with van der Waals surface area (Å²) < 4.78 is 27.9. The molecule has 1 aromatic heterocycles. The molecule has 1 fully saturated rings. The lowest BCUT2D eigenvalue weighted by Crippen LogP contribution is -2.30. The van der Waals surface area contributed by atoms with Gasteiger partial charge < -0.3 is 4.57 Å². The minimum atomic E-state index is -0.878. The van der Waals surface area contributed by atoms with E-state index in [1.807, 2.05) is 0 Å². The highest BCUT2D eigenvalue weighted by Gasteiger charge is 2.26. The van der Waals surface area contributed by atoms with E-state index in [1.54, 1.807) is 6.07 Å². The number of nitro groups is 1. The lowest BCUT2D eigenvalue weighted by molar-refractivity contribution is -0.385. The Hall–Kier alpha value is -2.61. The van der Waals surface area contributed by atoms with Crippen molar-refractivity contribution >= 4 is 5.69 Å². The zero-order valence-electron chi connectivity index (χ0n) is 13.4. The third-order valence-corrected chi connectivity index (χ3v) is 4.50. The Labute approximate surface area is 142 Å². The van der Waals surface area contributed by atoms with Crippen LogP contribution in [-0.4, -0.2) is 27.5 Å². The first kappa shape index (κ1) is 17.2. The highest BCUT2D eigenvalue weighted by molar-refractivity contribution is 5.25. The van der Waals surface area contributed by atoms with Crippen molar-refractivity contribution in [2.75, 3.05) is 13.1 Å². The predicted octanol–water partition coefficient (Wildman–Crippen LogP) is 2.87. The molecule has 2 aromatic rings. The third-order valence-electron chi connectivity index (χ3n) is 4.50. The van der Waals surface area contributed by atoms with Gasteiger partial charge in [0, 0.05) is 31.3 Å². The van der Waals surface area contributed by atoms with E-state index in [4.69, 9.17) is 0 Å². The van der Waals surface area contributed by atoms with E-state index in [0.29, 0.717) is 18.7 Å². The second-order valence-corrected chi connectivity index (χ2v) is 6.04. The van der Waals surface area contributed by atoms with Gasteiger partial charge in [-0.2, -0.15) is 0 Å². The van der Waals surface area contributed by atoms with Crippen molar-refractivity contribution in [3.63, 3.8) is 0 Å². The van der Waals surface area contributed by atoms with Gasteiger partial charge in [0.05, 0.1) is 11.1 Å². The molecule has 1 saturated heterocycles. The van der Waals surface area contributed by atoms with E-state index in [-0.39, 0.29) is 17.3 Å². The molecule has 0 N–H and O–H groups in total. The number of hydrogen-bond donors (Lipinski definition) is 0. The standard InChI is InChI=1S/C17H17F2N3O3/c18-14-5-3-12(10-15(14)19)16-2-1-7-20(16)8-9-21-11-13(22(24)25)4-6-17(21)23/h3-6,10-11,16H,1-2,7-9H2/t16-/m1/s1. The fraction of sp³-hybridized carbons (Fsp3) is 0.353. The van der Waals surface area contributed by atoms with Gasteiger partial charge in [-0.25, -0.2) is 8.78 Å². The molecular formula is C17H17F2N3O3. The van der Waals surface area contributed by atoms with Crippen LogP contribution in [0.15, 0.2) is 41.3 Å². The van der Waals surface area contributed by atoms with Gasteiger partial charge in [0.1, 0.15) is 0 Å². The average Bonchev–Trinajstić information content (AvgIpc) is 3.05. The van der Waals surface area contributed by atoms with E-state index in [0.717, 1.165) is 25.5 Å². The quantitative estimate of drug-likeness (QED) is 0.615. The molecule has 1 aliphatic rings. The van der Waals surface area contributed by atoms with Crippen LogP contribution < -0.4 is 5.56 Å². The molecule has 0 radical (unpaired) electrons. The van der Waals surface area contributed by atoms with Crippen molar-refractivity contribution in [2.24, 2.45) is 0 Å². The van der Waals surface area contributed by atoms with E-state index < -0.39 is 16.6 Å². The number of hydrogen-bond acceptors (Lipinski definition) is 4. The Bertz CT molecular complexity index is 853. The number of halogens is 2. The van der Waals surface area contributed by atoms with Crippen LogP contribution in [0.5, 0.6) is 0 Å². The lowest BCUT2D eigenvalue weighted by atomic mass is 10.0. The first-order valence-corrected chi connectivity index (χ1v) is 7.99. The van der Waals surface area contributed by atoms with E-state index >= 15 is 0 Å². The summed E-state index contributed by atoms with van der Waals surface area (Å²) in [7, 11) is 0. The van der Waals surface area contributed by atoms with Crippen LogP contribution in [-0.2, 0) is 6.54 Å². The van der Waals surface area contributed by atoms with Crippen molar-refractivity contribution in [3.8, 4) is 0 Å². The van der Waals surface area contributed by atoms with Crippen LogP contribution in [0.4, 0.5) is 14.5 Å². The van der Waals surface area contributed by atoms with E-state index in [1.165, 1.54) is 29.0 Å². The number of pyridine rings is 1. The summed E-state index contributed by atoms with van der Waals surface area (Å²) in [4.78, 5) is 24.2. The molecule has 2 heterocycles. The van der Waals surface area contributed by atoms with Crippen LogP contribution in [0.1, 0.15) is 24.4 Å². The molecule has 1 aromatic carbocycles. The summed E-state index contributed by atoms with van der Waals surface area (Å²) in [5.41, 5.74) is 0.246. The van der Waals surface area contributed by atoms with Crippen molar-refractivity contribution in [2.45, 2.75) is 25.4 Å². The molecule has 6 nitrogen and oxygen atoms in total. The van der Waals surface area contributed by atoms with Gasteiger partial charge in [-0.05, 0) is 37.1 Å². The number of aromatic nitrogens is 1. The Balaban J connectivity index is 1.74. The van der Waals surface area contributed by atoms with Crippen molar-refractivity contribution < 1.29 is 13.7 Å². The summed E-state index contributed by atoms with van der Waals surface area (Å²) >= 11 is 0. The molecule has 0 bridgehead atoms. The maximum Gasteiger partial charge on any atom is 0.285 e. The Morgan fingerprint density at radius 2 is 1.96 bits per heavy atom. The molecule has 0 aliphatic carbocycles. The molecule has 0 spiro atoms. The molecular weight excluding hydrogens is 332 g/mol. The largest absolute Gasteiger partial charge is 0.308 e. The zero-order chi connectivity index (χ0) is 18.0. The first-order valence-electron chi connectivity index (χ1n) is 7.99. The minimum absolute atomic E-state index is 0.0514. The van der Waals surface area contributed by atoms with Gasteiger partial charge in [0.15, 0.2) is 11.6 Å². The Morgan fingerprint density at radius 3 is 2.68 bits per heavy atom. The first-order chi connectivity index (χ1) is 12.0. The number of likely N-dealkylation sites (tertiary alicyclic amines) is 1. The summed E-state index contributed by atoms with van der Waals surface area (Å²) in [6, 6.07) is 6.20. The minimum Gasteiger partial charge on any atom is -0.308 e. The fourth-order valence-corrected chi connectivity index (χ4v) is 3.23. The van der Waals surface area contributed by atoms with Crippen molar-refractivity contribution in [1.29, 1.82) is 0 Å². The molecule has 0 unspecified atom stereocenters. The van der Waals surface area contributed by atoms with Crippen LogP contribution >= 0.6 is 0 Å². The summed E-state index contributed by atoms with van der Waals surface area (Å²) in [6.45, 7) is 1.55. The van der Waals surface area contributed by atoms with Crippen LogP contribution in [0.25, 0.3) is 0 Å². The molecule has 25 heavy (non-hydrogen) atoms. The summed E-state index contributed by atoms with van der Waals surface area (Å²) in [5, 5.41) is 10.8. The Kier molecular flexibility index (Phi) is 4.89. The summed E-state index contributed by atoms with van der Waals surface area (Å²) in [6.07, 6.45) is 2.95.